The number of hydrogen-bond donors (Lipinski definition) is 2. The van der Waals surface area contributed by atoms with Crippen molar-refractivity contribution >= 4 is 5.97 Å². The van der Waals surface area contributed by atoms with Gasteiger partial charge in [0.2, 0.25) is 0 Å². The van der Waals surface area contributed by atoms with E-state index in [9.17, 15) is 4.79 Å². The van der Waals surface area contributed by atoms with Crippen molar-refractivity contribution in [1.82, 2.24) is 10.2 Å². The summed E-state index contributed by atoms with van der Waals surface area (Å²) in [5, 5.41) is 12.2. The Morgan fingerprint density at radius 1 is 1.47 bits per heavy atom. The Balaban J connectivity index is 1.91. The van der Waals surface area contributed by atoms with Crippen LogP contribution in [-0.2, 0) is 4.79 Å². The quantitative estimate of drug-likeness (QED) is 0.716. The second kappa shape index (κ2) is 4.49. The summed E-state index contributed by atoms with van der Waals surface area (Å²) in [5.41, 5.74) is 0. The first-order valence-corrected chi connectivity index (χ1v) is 5.84. The second-order valence-corrected chi connectivity index (χ2v) is 4.99. The fourth-order valence-electron chi connectivity index (χ4n) is 2.34. The van der Waals surface area contributed by atoms with Crippen LogP contribution in [0.4, 0.5) is 0 Å². The first kappa shape index (κ1) is 10.9. The molecule has 0 aromatic carbocycles. The summed E-state index contributed by atoms with van der Waals surface area (Å²) in [7, 11) is 0. The van der Waals surface area contributed by atoms with Crippen LogP contribution in [0.2, 0.25) is 0 Å². The zero-order valence-corrected chi connectivity index (χ0v) is 9.28. The van der Waals surface area contributed by atoms with Crippen molar-refractivity contribution < 1.29 is 9.90 Å². The number of carboxylic acids is 1. The molecule has 2 atom stereocenters. The largest absolute Gasteiger partial charge is 0.481 e. The van der Waals surface area contributed by atoms with Gasteiger partial charge in [0, 0.05) is 25.2 Å². The van der Waals surface area contributed by atoms with E-state index in [1.54, 1.807) is 0 Å². The molecular formula is C11H20N2O2. The highest BCUT2D eigenvalue weighted by molar-refractivity contribution is 5.67. The Morgan fingerprint density at radius 2 is 2.20 bits per heavy atom. The van der Waals surface area contributed by atoms with Gasteiger partial charge in [0.25, 0.3) is 0 Å². The van der Waals surface area contributed by atoms with E-state index in [1.165, 1.54) is 12.8 Å². The molecule has 1 saturated carbocycles. The predicted octanol–water partition coefficient (Wildman–Crippen LogP) is 0.533. The molecule has 86 valence electrons. The van der Waals surface area contributed by atoms with E-state index in [2.05, 4.69) is 17.1 Å². The van der Waals surface area contributed by atoms with E-state index in [4.69, 9.17) is 5.11 Å². The summed E-state index contributed by atoms with van der Waals surface area (Å²) in [6.45, 7) is 5.20. The van der Waals surface area contributed by atoms with E-state index in [-0.39, 0.29) is 12.5 Å². The van der Waals surface area contributed by atoms with Crippen molar-refractivity contribution in [1.29, 1.82) is 0 Å². The molecule has 0 aromatic rings. The van der Waals surface area contributed by atoms with Crippen LogP contribution in [-0.4, -0.2) is 47.7 Å². The SMILES string of the molecule is CC1CNC(CC(=O)O)CN(C2CC2)C1. The van der Waals surface area contributed by atoms with E-state index in [1.807, 2.05) is 0 Å². The molecule has 1 heterocycles. The molecule has 1 aliphatic carbocycles. The van der Waals surface area contributed by atoms with Gasteiger partial charge >= 0.3 is 5.97 Å². The lowest BCUT2D eigenvalue weighted by Gasteiger charge is -2.23. The van der Waals surface area contributed by atoms with Crippen molar-refractivity contribution in [2.24, 2.45) is 5.92 Å². The average Bonchev–Trinajstić information content (AvgIpc) is 2.92. The Hall–Kier alpha value is -0.610. The van der Waals surface area contributed by atoms with Crippen molar-refractivity contribution in [3.8, 4) is 0 Å². The lowest BCUT2D eigenvalue weighted by molar-refractivity contribution is -0.137. The molecule has 15 heavy (non-hydrogen) atoms. The second-order valence-electron chi connectivity index (χ2n) is 4.99. The minimum atomic E-state index is -0.696. The van der Waals surface area contributed by atoms with Crippen LogP contribution in [0.1, 0.15) is 26.2 Å². The third-order valence-electron chi connectivity index (χ3n) is 3.24. The Labute approximate surface area is 90.6 Å². The van der Waals surface area contributed by atoms with Crippen molar-refractivity contribution in [3.63, 3.8) is 0 Å². The van der Waals surface area contributed by atoms with Gasteiger partial charge in [-0.3, -0.25) is 9.69 Å². The minimum absolute atomic E-state index is 0.132. The summed E-state index contributed by atoms with van der Waals surface area (Å²) < 4.78 is 0. The molecule has 1 aliphatic heterocycles. The number of rotatable bonds is 3. The summed E-state index contributed by atoms with van der Waals surface area (Å²) in [5.74, 6) is -0.0674. The molecule has 2 N–H and O–H groups in total. The van der Waals surface area contributed by atoms with Crippen LogP contribution in [0.15, 0.2) is 0 Å². The third-order valence-corrected chi connectivity index (χ3v) is 3.24. The highest BCUT2D eigenvalue weighted by Gasteiger charge is 2.33. The first-order chi connectivity index (χ1) is 7.15. The summed E-state index contributed by atoms with van der Waals surface area (Å²) in [4.78, 5) is 13.2. The van der Waals surface area contributed by atoms with E-state index < -0.39 is 5.97 Å². The first-order valence-electron chi connectivity index (χ1n) is 5.84. The molecule has 4 heteroatoms. The van der Waals surface area contributed by atoms with Crippen LogP contribution in [0, 0.1) is 5.92 Å². The average molecular weight is 212 g/mol. The topological polar surface area (TPSA) is 52.6 Å². The molecule has 0 spiro atoms. The standard InChI is InChI=1S/C11H20N2O2/c1-8-5-12-9(4-11(14)15)7-13(6-8)10-2-3-10/h8-10,12H,2-7H2,1H3,(H,14,15). The molecule has 4 nitrogen and oxygen atoms in total. The zero-order valence-electron chi connectivity index (χ0n) is 9.28. The maximum atomic E-state index is 10.7. The van der Waals surface area contributed by atoms with Crippen molar-refractivity contribution in [2.45, 2.75) is 38.3 Å². The van der Waals surface area contributed by atoms with Gasteiger partial charge in [-0.05, 0) is 25.3 Å². The van der Waals surface area contributed by atoms with Crippen LogP contribution in [0.5, 0.6) is 0 Å². The predicted molar refractivity (Wildman–Crippen MR) is 57.8 cm³/mol. The number of nitrogens with one attached hydrogen (secondary N) is 1. The van der Waals surface area contributed by atoms with E-state index >= 15 is 0 Å². The molecule has 0 bridgehead atoms. The van der Waals surface area contributed by atoms with Crippen LogP contribution in [0.3, 0.4) is 0 Å². The van der Waals surface area contributed by atoms with Gasteiger partial charge < -0.3 is 10.4 Å². The van der Waals surface area contributed by atoms with Crippen LogP contribution in [0.25, 0.3) is 0 Å². The summed E-state index contributed by atoms with van der Waals surface area (Å²) in [6, 6.07) is 0.872. The lowest BCUT2D eigenvalue weighted by Crippen LogP contribution is -2.40. The molecule has 0 amide bonds. The lowest BCUT2D eigenvalue weighted by atomic mass is 10.2. The molecule has 2 fully saturated rings. The molecule has 2 unspecified atom stereocenters. The smallest absolute Gasteiger partial charge is 0.304 e. The summed E-state index contributed by atoms with van der Waals surface area (Å²) in [6.07, 6.45) is 2.84. The van der Waals surface area contributed by atoms with Gasteiger partial charge in [-0.15, -0.1) is 0 Å². The van der Waals surface area contributed by atoms with E-state index in [0.717, 1.165) is 25.7 Å². The van der Waals surface area contributed by atoms with Gasteiger partial charge in [-0.1, -0.05) is 6.92 Å². The fourth-order valence-corrected chi connectivity index (χ4v) is 2.34. The fraction of sp³-hybridized carbons (Fsp3) is 0.909. The highest BCUT2D eigenvalue weighted by Crippen LogP contribution is 2.28. The number of carboxylic acid groups (broad SMARTS) is 1. The van der Waals surface area contributed by atoms with Crippen molar-refractivity contribution in [2.75, 3.05) is 19.6 Å². The third kappa shape index (κ3) is 3.18. The Bertz CT molecular complexity index is 241. The maximum Gasteiger partial charge on any atom is 0.304 e. The van der Waals surface area contributed by atoms with Gasteiger partial charge in [0.15, 0.2) is 0 Å². The van der Waals surface area contributed by atoms with Gasteiger partial charge in [0.05, 0.1) is 6.42 Å². The van der Waals surface area contributed by atoms with Gasteiger partial charge in [-0.2, -0.15) is 0 Å². The molecule has 2 rings (SSSR count). The highest BCUT2D eigenvalue weighted by atomic mass is 16.4. The number of carbonyl (C=O) groups is 1. The molecule has 1 saturated heterocycles. The number of nitrogens with zero attached hydrogens (tertiary/aromatic N) is 1. The minimum Gasteiger partial charge on any atom is -0.481 e. The van der Waals surface area contributed by atoms with Crippen molar-refractivity contribution in [3.05, 3.63) is 0 Å². The summed E-state index contributed by atoms with van der Waals surface area (Å²) >= 11 is 0. The van der Waals surface area contributed by atoms with E-state index in [0.29, 0.717) is 5.92 Å². The van der Waals surface area contributed by atoms with Crippen LogP contribution < -0.4 is 5.32 Å². The van der Waals surface area contributed by atoms with Crippen LogP contribution >= 0.6 is 0 Å². The normalized spacial score (nSPS) is 33.7. The molecule has 0 aromatic heterocycles. The molecule has 2 aliphatic rings. The maximum absolute atomic E-state index is 10.7. The molecular weight excluding hydrogens is 192 g/mol. The number of aliphatic carboxylic acids is 1. The monoisotopic (exact) mass is 212 g/mol. The number of hydrogen-bond acceptors (Lipinski definition) is 3. The van der Waals surface area contributed by atoms with Gasteiger partial charge in [0.1, 0.15) is 0 Å². The van der Waals surface area contributed by atoms with Gasteiger partial charge in [-0.25, -0.2) is 0 Å². The molecule has 0 radical (unpaired) electrons. The Kier molecular flexibility index (Phi) is 3.26. The zero-order chi connectivity index (χ0) is 10.8. The Morgan fingerprint density at radius 3 is 2.80 bits per heavy atom.